The van der Waals surface area contributed by atoms with Gasteiger partial charge in [0.15, 0.2) is 6.29 Å². The number of nitrogens with zero attached hydrogens (tertiary/aromatic N) is 1. The predicted octanol–water partition coefficient (Wildman–Crippen LogP) is 3.61. The first-order valence-electron chi connectivity index (χ1n) is 3.78. The Morgan fingerprint density at radius 2 is 1.94 bits per heavy atom. The third-order valence-corrected chi connectivity index (χ3v) is 2.57. The second-order valence-corrected chi connectivity index (χ2v) is 3.49. The summed E-state index contributed by atoms with van der Waals surface area (Å²) in [7, 11) is 0. The van der Waals surface area contributed by atoms with Crippen LogP contribution in [-0.4, -0.2) is 11.3 Å². The van der Waals surface area contributed by atoms with Crippen molar-refractivity contribution in [2.45, 2.75) is 12.6 Å². The first-order chi connectivity index (χ1) is 7.29. The van der Waals surface area contributed by atoms with Crippen LogP contribution >= 0.6 is 15.9 Å². The second-order valence-electron chi connectivity index (χ2n) is 2.70. The zero-order valence-corrected chi connectivity index (χ0v) is 8.94. The SMILES string of the molecule is O=Cc1c(C(F)F)ncc(C(F)(F)F)c1Br. The number of hydrogen-bond acceptors (Lipinski definition) is 2. The molecule has 0 saturated heterocycles. The third-order valence-electron chi connectivity index (χ3n) is 1.71. The van der Waals surface area contributed by atoms with Crippen molar-refractivity contribution in [2.24, 2.45) is 0 Å². The average Bonchev–Trinajstić information content (AvgIpc) is 2.14. The number of hydrogen-bond donors (Lipinski definition) is 0. The van der Waals surface area contributed by atoms with Gasteiger partial charge in [-0.15, -0.1) is 0 Å². The lowest BCUT2D eigenvalue weighted by Gasteiger charge is -2.12. The summed E-state index contributed by atoms with van der Waals surface area (Å²) in [4.78, 5) is 13.4. The van der Waals surface area contributed by atoms with Gasteiger partial charge in [-0.2, -0.15) is 13.2 Å². The van der Waals surface area contributed by atoms with Crippen molar-refractivity contribution in [3.05, 3.63) is 27.5 Å². The highest BCUT2D eigenvalue weighted by atomic mass is 79.9. The molecule has 0 aromatic carbocycles. The van der Waals surface area contributed by atoms with Crippen LogP contribution in [0.2, 0.25) is 0 Å². The molecule has 0 atom stereocenters. The lowest BCUT2D eigenvalue weighted by Crippen LogP contribution is -2.11. The molecular formula is C8H3BrF5NO. The van der Waals surface area contributed by atoms with E-state index in [0.29, 0.717) is 0 Å². The van der Waals surface area contributed by atoms with Gasteiger partial charge in [0.1, 0.15) is 5.69 Å². The van der Waals surface area contributed by atoms with Crippen LogP contribution in [0.3, 0.4) is 0 Å². The fourth-order valence-corrected chi connectivity index (χ4v) is 1.63. The number of aldehydes is 1. The van der Waals surface area contributed by atoms with Crippen LogP contribution in [0, 0.1) is 0 Å². The van der Waals surface area contributed by atoms with Crippen LogP contribution in [-0.2, 0) is 6.18 Å². The lowest BCUT2D eigenvalue weighted by molar-refractivity contribution is -0.138. The number of aromatic nitrogens is 1. The summed E-state index contributed by atoms with van der Waals surface area (Å²) in [5.74, 6) is 0. The summed E-state index contributed by atoms with van der Waals surface area (Å²) < 4.78 is 60.8. The molecule has 0 spiro atoms. The van der Waals surface area contributed by atoms with Gasteiger partial charge in [-0.3, -0.25) is 9.78 Å². The van der Waals surface area contributed by atoms with E-state index in [1.165, 1.54) is 0 Å². The van der Waals surface area contributed by atoms with Crippen molar-refractivity contribution < 1.29 is 26.7 Å². The largest absolute Gasteiger partial charge is 0.419 e. The van der Waals surface area contributed by atoms with Crippen LogP contribution in [0.5, 0.6) is 0 Å². The summed E-state index contributed by atoms with van der Waals surface area (Å²) in [5.41, 5.74) is -3.03. The average molecular weight is 304 g/mol. The summed E-state index contributed by atoms with van der Waals surface area (Å²) >= 11 is 2.47. The van der Waals surface area contributed by atoms with Crippen LogP contribution < -0.4 is 0 Å². The van der Waals surface area contributed by atoms with Crippen molar-refractivity contribution in [1.29, 1.82) is 0 Å². The highest BCUT2D eigenvalue weighted by molar-refractivity contribution is 9.10. The van der Waals surface area contributed by atoms with Crippen LogP contribution in [0.25, 0.3) is 0 Å². The van der Waals surface area contributed by atoms with Gasteiger partial charge in [0.05, 0.1) is 11.1 Å². The van der Waals surface area contributed by atoms with Gasteiger partial charge in [0, 0.05) is 10.7 Å². The molecular weight excluding hydrogens is 301 g/mol. The summed E-state index contributed by atoms with van der Waals surface area (Å²) in [6.07, 6.45) is -7.70. The van der Waals surface area contributed by atoms with E-state index in [-0.39, 0.29) is 12.5 Å². The Morgan fingerprint density at radius 1 is 1.38 bits per heavy atom. The number of halogens is 6. The molecule has 1 rings (SSSR count). The lowest BCUT2D eigenvalue weighted by atomic mass is 10.1. The first kappa shape index (κ1) is 13.0. The van der Waals surface area contributed by atoms with E-state index in [2.05, 4.69) is 20.9 Å². The fourth-order valence-electron chi connectivity index (χ4n) is 1.00. The molecule has 1 aromatic rings. The van der Waals surface area contributed by atoms with Gasteiger partial charge in [-0.1, -0.05) is 0 Å². The molecule has 2 nitrogen and oxygen atoms in total. The molecule has 0 fully saturated rings. The van der Waals surface area contributed by atoms with E-state index in [1.54, 1.807) is 0 Å². The monoisotopic (exact) mass is 303 g/mol. The van der Waals surface area contributed by atoms with Crippen molar-refractivity contribution >= 4 is 22.2 Å². The van der Waals surface area contributed by atoms with Gasteiger partial charge >= 0.3 is 6.18 Å². The number of alkyl halides is 5. The molecule has 1 heterocycles. The fraction of sp³-hybridized carbons (Fsp3) is 0.250. The molecule has 16 heavy (non-hydrogen) atoms. The first-order valence-corrected chi connectivity index (χ1v) is 4.57. The molecule has 88 valence electrons. The Kier molecular flexibility index (Phi) is 3.61. The highest BCUT2D eigenvalue weighted by Gasteiger charge is 2.35. The number of rotatable bonds is 2. The standard InChI is InChI=1S/C8H3BrF5NO/c9-5-3(2-16)6(7(10)11)15-1-4(5)8(12,13)14/h1-2,7H. The van der Waals surface area contributed by atoms with E-state index < -0.39 is 33.9 Å². The van der Waals surface area contributed by atoms with Crippen LogP contribution in [0.4, 0.5) is 22.0 Å². The van der Waals surface area contributed by atoms with E-state index in [0.717, 1.165) is 0 Å². The Hall–Kier alpha value is -1.05. The second kappa shape index (κ2) is 4.44. The molecule has 0 aliphatic rings. The summed E-state index contributed by atoms with van der Waals surface area (Å²) in [6.45, 7) is 0. The van der Waals surface area contributed by atoms with Gasteiger partial charge < -0.3 is 0 Å². The Labute approximate surface area is 94.6 Å². The van der Waals surface area contributed by atoms with Gasteiger partial charge in [-0.05, 0) is 15.9 Å². The highest BCUT2D eigenvalue weighted by Crippen LogP contribution is 2.37. The predicted molar refractivity (Wildman–Crippen MR) is 47.3 cm³/mol. The maximum absolute atomic E-state index is 12.3. The molecule has 0 amide bonds. The quantitative estimate of drug-likeness (QED) is 0.617. The summed E-state index contributed by atoms with van der Waals surface area (Å²) in [6, 6.07) is 0. The van der Waals surface area contributed by atoms with Crippen LogP contribution in [0.15, 0.2) is 10.7 Å². The van der Waals surface area contributed by atoms with Crippen molar-refractivity contribution in [3.8, 4) is 0 Å². The molecule has 0 saturated carbocycles. The Morgan fingerprint density at radius 3 is 2.31 bits per heavy atom. The topological polar surface area (TPSA) is 30.0 Å². The van der Waals surface area contributed by atoms with E-state index in [9.17, 15) is 26.7 Å². The van der Waals surface area contributed by atoms with Gasteiger partial charge in [0.2, 0.25) is 0 Å². The molecule has 8 heteroatoms. The van der Waals surface area contributed by atoms with E-state index in [1.807, 2.05) is 0 Å². The maximum atomic E-state index is 12.3. The number of carbonyl (C=O) groups is 1. The van der Waals surface area contributed by atoms with E-state index in [4.69, 9.17) is 0 Å². The zero-order valence-electron chi connectivity index (χ0n) is 7.36. The normalized spacial score (nSPS) is 11.9. The van der Waals surface area contributed by atoms with Crippen molar-refractivity contribution in [1.82, 2.24) is 4.98 Å². The van der Waals surface area contributed by atoms with E-state index >= 15 is 0 Å². The molecule has 0 N–H and O–H groups in total. The zero-order chi connectivity index (χ0) is 12.5. The molecule has 0 aliphatic heterocycles. The van der Waals surface area contributed by atoms with Crippen molar-refractivity contribution in [3.63, 3.8) is 0 Å². The number of pyridine rings is 1. The summed E-state index contributed by atoms with van der Waals surface area (Å²) in [5, 5.41) is 0. The molecule has 0 unspecified atom stereocenters. The van der Waals surface area contributed by atoms with Crippen LogP contribution in [0.1, 0.15) is 28.0 Å². The third kappa shape index (κ3) is 2.37. The molecule has 1 aromatic heterocycles. The molecule has 0 bridgehead atoms. The van der Waals surface area contributed by atoms with Gasteiger partial charge in [0.25, 0.3) is 6.43 Å². The molecule has 0 radical (unpaired) electrons. The van der Waals surface area contributed by atoms with Crippen molar-refractivity contribution in [2.75, 3.05) is 0 Å². The smallest absolute Gasteiger partial charge is 0.298 e. The minimum atomic E-state index is -4.76. The minimum Gasteiger partial charge on any atom is -0.298 e. The molecule has 0 aliphatic carbocycles. The minimum absolute atomic E-state index is 0.0895. The Balaban J connectivity index is 3.46. The maximum Gasteiger partial charge on any atom is 0.419 e. The number of carbonyl (C=O) groups excluding carboxylic acids is 1. The Bertz CT molecular complexity index is 418. The van der Waals surface area contributed by atoms with Gasteiger partial charge in [-0.25, -0.2) is 8.78 Å².